The predicted molar refractivity (Wildman–Crippen MR) is 98.5 cm³/mol. The summed E-state index contributed by atoms with van der Waals surface area (Å²) in [6.45, 7) is 3.70. The number of halogens is 1. The van der Waals surface area contributed by atoms with Gasteiger partial charge in [-0.3, -0.25) is 20.4 Å². The highest BCUT2D eigenvalue weighted by molar-refractivity contribution is 7.89. The Balaban J connectivity index is 2.15. The maximum atomic E-state index is 12.2. The van der Waals surface area contributed by atoms with Crippen molar-refractivity contribution in [2.24, 2.45) is 0 Å². The van der Waals surface area contributed by atoms with Gasteiger partial charge in [-0.1, -0.05) is 29.3 Å². The molecule has 2 amide bonds. The van der Waals surface area contributed by atoms with E-state index in [1.165, 1.54) is 19.2 Å². The number of rotatable bonds is 4. The van der Waals surface area contributed by atoms with Crippen molar-refractivity contribution in [3.05, 3.63) is 63.7 Å². The minimum atomic E-state index is -3.82. The highest BCUT2D eigenvalue weighted by atomic mass is 35.5. The van der Waals surface area contributed by atoms with Crippen molar-refractivity contribution in [3.63, 3.8) is 0 Å². The summed E-state index contributed by atoms with van der Waals surface area (Å²) in [4.78, 5) is 24.2. The maximum absolute atomic E-state index is 12.2. The van der Waals surface area contributed by atoms with Crippen molar-refractivity contribution in [1.82, 2.24) is 15.6 Å². The number of carbonyl (C=O) groups excluding carboxylic acids is 2. The van der Waals surface area contributed by atoms with E-state index in [-0.39, 0.29) is 15.5 Å². The topological polar surface area (TPSA) is 104 Å². The second kappa shape index (κ2) is 7.86. The fourth-order valence-electron chi connectivity index (χ4n) is 2.28. The van der Waals surface area contributed by atoms with Gasteiger partial charge in [0, 0.05) is 11.1 Å². The molecule has 138 valence electrons. The lowest BCUT2D eigenvalue weighted by Crippen LogP contribution is -2.42. The summed E-state index contributed by atoms with van der Waals surface area (Å²) < 4.78 is 26.0. The van der Waals surface area contributed by atoms with Gasteiger partial charge in [-0.2, -0.15) is 0 Å². The lowest BCUT2D eigenvalue weighted by atomic mass is 10.1. The van der Waals surface area contributed by atoms with Gasteiger partial charge in [-0.05, 0) is 50.7 Å². The van der Waals surface area contributed by atoms with Crippen LogP contribution in [0, 0.1) is 13.8 Å². The molecule has 0 unspecified atom stereocenters. The molecule has 2 aromatic rings. The van der Waals surface area contributed by atoms with Gasteiger partial charge in [0.05, 0.1) is 5.02 Å². The Kier molecular flexibility index (Phi) is 6.01. The summed E-state index contributed by atoms with van der Waals surface area (Å²) in [5.41, 5.74) is 6.80. The third-order valence-corrected chi connectivity index (χ3v) is 5.56. The number of hydrogen-bond donors (Lipinski definition) is 3. The Bertz CT molecular complexity index is 974. The lowest BCUT2D eigenvalue weighted by Gasteiger charge is -2.11. The van der Waals surface area contributed by atoms with E-state index in [1.54, 1.807) is 19.1 Å². The molecule has 9 heteroatoms. The summed E-state index contributed by atoms with van der Waals surface area (Å²) in [6, 6.07) is 9.09. The van der Waals surface area contributed by atoms with Gasteiger partial charge < -0.3 is 0 Å². The zero-order valence-corrected chi connectivity index (χ0v) is 16.0. The van der Waals surface area contributed by atoms with E-state index in [1.807, 2.05) is 13.0 Å². The van der Waals surface area contributed by atoms with Gasteiger partial charge in [0.15, 0.2) is 0 Å². The average Bonchev–Trinajstić information content (AvgIpc) is 2.59. The minimum absolute atomic E-state index is 0.0183. The first kappa shape index (κ1) is 19.9. The second-order valence-corrected chi connectivity index (χ2v) is 7.84. The first-order valence-electron chi connectivity index (χ1n) is 7.56. The summed E-state index contributed by atoms with van der Waals surface area (Å²) >= 11 is 5.88. The minimum Gasteiger partial charge on any atom is -0.267 e. The van der Waals surface area contributed by atoms with Crippen molar-refractivity contribution in [3.8, 4) is 0 Å². The van der Waals surface area contributed by atoms with Crippen LogP contribution in [0.1, 0.15) is 31.8 Å². The lowest BCUT2D eigenvalue weighted by molar-refractivity contribution is 0.0846. The number of nitrogens with one attached hydrogen (secondary N) is 3. The molecular weight excluding hydrogens is 378 g/mol. The first-order chi connectivity index (χ1) is 12.2. The van der Waals surface area contributed by atoms with Gasteiger partial charge in [-0.15, -0.1) is 0 Å². The Morgan fingerprint density at radius 3 is 2.23 bits per heavy atom. The Morgan fingerprint density at radius 2 is 1.62 bits per heavy atom. The fourth-order valence-corrected chi connectivity index (χ4v) is 3.53. The largest absolute Gasteiger partial charge is 0.269 e. The molecule has 26 heavy (non-hydrogen) atoms. The number of amides is 2. The van der Waals surface area contributed by atoms with Crippen LogP contribution < -0.4 is 15.6 Å². The number of carbonyl (C=O) groups is 2. The van der Waals surface area contributed by atoms with Crippen molar-refractivity contribution >= 4 is 33.4 Å². The fraction of sp³-hybridized carbons (Fsp3) is 0.176. The average molecular weight is 396 g/mol. The van der Waals surface area contributed by atoms with Crippen LogP contribution in [0.5, 0.6) is 0 Å². The van der Waals surface area contributed by atoms with Crippen LogP contribution in [0.4, 0.5) is 0 Å². The molecular formula is C17H18ClN3O4S. The number of benzene rings is 2. The molecule has 0 fully saturated rings. The van der Waals surface area contributed by atoms with Crippen LogP contribution in [-0.4, -0.2) is 27.3 Å². The zero-order chi connectivity index (χ0) is 19.5. The second-order valence-electron chi connectivity index (χ2n) is 5.58. The molecule has 0 aliphatic rings. The van der Waals surface area contributed by atoms with Gasteiger partial charge in [-0.25, -0.2) is 13.1 Å². The highest BCUT2D eigenvalue weighted by Crippen LogP contribution is 2.22. The standard InChI is InChI=1S/C17H18ClN3O4S/c1-10-4-6-13(11(2)8-10)17(23)21-20-16(22)12-5-7-14(18)15(9-12)26(24,25)19-3/h4-9,19H,1-3H3,(H,20,22)(H,21,23). The van der Waals surface area contributed by atoms with Crippen LogP contribution >= 0.6 is 11.6 Å². The molecule has 0 radical (unpaired) electrons. The summed E-state index contributed by atoms with van der Waals surface area (Å²) in [5, 5.41) is -0.0183. The van der Waals surface area contributed by atoms with Crippen LogP contribution in [0.3, 0.4) is 0 Å². The molecule has 3 N–H and O–H groups in total. The molecule has 0 saturated carbocycles. The first-order valence-corrected chi connectivity index (χ1v) is 9.43. The van der Waals surface area contributed by atoms with E-state index in [2.05, 4.69) is 15.6 Å². The molecule has 0 heterocycles. The monoisotopic (exact) mass is 395 g/mol. The van der Waals surface area contributed by atoms with Crippen molar-refractivity contribution < 1.29 is 18.0 Å². The van der Waals surface area contributed by atoms with E-state index in [0.717, 1.165) is 17.2 Å². The Hall–Kier alpha value is -2.42. The molecule has 0 bridgehead atoms. The maximum Gasteiger partial charge on any atom is 0.269 e. The third kappa shape index (κ3) is 4.40. The Labute approximate surface area is 156 Å². The number of aryl methyl sites for hydroxylation is 2. The molecule has 0 spiro atoms. The third-order valence-electron chi connectivity index (χ3n) is 3.67. The molecule has 0 saturated heterocycles. The van der Waals surface area contributed by atoms with E-state index >= 15 is 0 Å². The van der Waals surface area contributed by atoms with E-state index in [9.17, 15) is 18.0 Å². The SMILES string of the molecule is CNS(=O)(=O)c1cc(C(=O)NNC(=O)c2ccc(C)cc2C)ccc1Cl. The zero-order valence-electron chi connectivity index (χ0n) is 14.4. The van der Waals surface area contributed by atoms with Crippen LogP contribution in [0.2, 0.25) is 5.02 Å². The summed E-state index contributed by atoms with van der Waals surface area (Å²) in [7, 11) is -2.58. The van der Waals surface area contributed by atoms with Crippen molar-refractivity contribution in [2.75, 3.05) is 7.05 Å². The molecule has 0 aromatic heterocycles. The predicted octanol–water partition coefficient (Wildman–Crippen LogP) is 1.94. The van der Waals surface area contributed by atoms with Gasteiger partial charge in [0.2, 0.25) is 10.0 Å². The van der Waals surface area contributed by atoms with Crippen LogP contribution in [-0.2, 0) is 10.0 Å². The quantitative estimate of drug-likeness (QED) is 0.688. The molecule has 7 nitrogen and oxygen atoms in total. The van der Waals surface area contributed by atoms with Crippen LogP contribution in [0.15, 0.2) is 41.3 Å². The molecule has 0 aliphatic heterocycles. The van der Waals surface area contributed by atoms with Gasteiger partial charge >= 0.3 is 0 Å². The normalized spacial score (nSPS) is 11.1. The molecule has 0 aliphatic carbocycles. The van der Waals surface area contributed by atoms with E-state index in [0.29, 0.717) is 5.56 Å². The molecule has 2 aromatic carbocycles. The van der Waals surface area contributed by atoms with Gasteiger partial charge in [0.1, 0.15) is 4.90 Å². The number of hydrazine groups is 1. The highest BCUT2D eigenvalue weighted by Gasteiger charge is 2.19. The van der Waals surface area contributed by atoms with Crippen molar-refractivity contribution in [1.29, 1.82) is 0 Å². The Morgan fingerprint density at radius 1 is 0.962 bits per heavy atom. The van der Waals surface area contributed by atoms with E-state index < -0.39 is 21.8 Å². The van der Waals surface area contributed by atoms with Crippen molar-refractivity contribution in [2.45, 2.75) is 18.7 Å². The summed E-state index contributed by atoms with van der Waals surface area (Å²) in [5.74, 6) is -1.15. The smallest absolute Gasteiger partial charge is 0.267 e. The van der Waals surface area contributed by atoms with Gasteiger partial charge in [0.25, 0.3) is 11.8 Å². The molecule has 0 atom stereocenters. The number of hydrogen-bond acceptors (Lipinski definition) is 4. The summed E-state index contributed by atoms with van der Waals surface area (Å²) in [6.07, 6.45) is 0. The molecule has 2 rings (SSSR count). The van der Waals surface area contributed by atoms with Crippen LogP contribution in [0.25, 0.3) is 0 Å². The van der Waals surface area contributed by atoms with E-state index in [4.69, 9.17) is 11.6 Å². The number of sulfonamides is 1.